The molecule has 0 bridgehead atoms. The lowest BCUT2D eigenvalue weighted by Crippen LogP contribution is -2.07. The van der Waals surface area contributed by atoms with Gasteiger partial charge in [-0.05, 0) is 6.92 Å². The lowest BCUT2D eigenvalue weighted by molar-refractivity contribution is 0.0520. The van der Waals surface area contributed by atoms with Gasteiger partial charge in [-0.2, -0.15) is 0 Å². The van der Waals surface area contributed by atoms with Crippen molar-refractivity contribution in [1.29, 1.82) is 0 Å². The highest BCUT2D eigenvalue weighted by Gasteiger charge is 2.13. The first-order valence-electron chi connectivity index (χ1n) is 3.63. The van der Waals surface area contributed by atoms with Gasteiger partial charge >= 0.3 is 5.97 Å². The van der Waals surface area contributed by atoms with E-state index in [9.17, 15) is 9.18 Å². The quantitative estimate of drug-likeness (QED) is 0.546. The molecule has 0 aliphatic heterocycles. The molecule has 0 aliphatic carbocycles. The van der Waals surface area contributed by atoms with Gasteiger partial charge in [0, 0.05) is 12.3 Å². The Morgan fingerprint density at radius 2 is 2.46 bits per heavy atom. The number of hydrogen-bond donors (Lipinski definition) is 0. The number of halogens is 2. The van der Waals surface area contributed by atoms with E-state index in [1.165, 1.54) is 0 Å². The average molecular weight is 204 g/mol. The van der Waals surface area contributed by atoms with Gasteiger partial charge < -0.3 is 4.74 Å². The molecule has 5 heteroatoms. The van der Waals surface area contributed by atoms with E-state index in [4.69, 9.17) is 11.6 Å². The van der Waals surface area contributed by atoms with Crippen LogP contribution in [0.3, 0.4) is 0 Å². The van der Waals surface area contributed by atoms with Gasteiger partial charge in [-0.3, -0.25) is 0 Å². The van der Waals surface area contributed by atoms with E-state index >= 15 is 0 Å². The van der Waals surface area contributed by atoms with Crippen molar-refractivity contribution in [2.75, 3.05) is 6.61 Å². The fourth-order valence-corrected chi connectivity index (χ4v) is 0.911. The van der Waals surface area contributed by atoms with E-state index in [1.807, 2.05) is 0 Å². The van der Waals surface area contributed by atoms with E-state index in [1.54, 1.807) is 6.92 Å². The van der Waals surface area contributed by atoms with Gasteiger partial charge in [0.15, 0.2) is 0 Å². The lowest BCUT2D eigenvalue weighted by Gasteiger charge is -2.01. The Labute approximate surface area is 79.5 Å². The number of aromatic nitrogens is 1. The first-order chi connectivity index (χ1) is 6.15. The molecule has 0 aromatic carbocycles. The van der Waals surface area contributed by atoms with E-state index in [2.05, 4.69) is 9.72 Å². The zero-order valence-corrected chi connectivity index (χ0v) is 7.64. The number of hydrogen-bond acceptors (Lipinski definition) is 3. The van der Waals surface area contributed by atoms with Gasteiger partial charge in [0.1, 0.15) is 16.5 Å². The Balaban J connectivity index is 2.95. The molecule has 1 aromatic rings. The first kappa shape index (κ1) is 9.92. The van der Waals surface area contributed by atoms with Crippen molar-refractivity contribution in [2.45, 2.75) is 6.92 Å². The summed E-state index contributed by atoms with van der Waals surface area (Å²) in [4.78, 5) is 14.6. The number of esters is 1. The van der Waals surface area contributed by atoms with Crippen LogP contribution >= 0.6 is 11.6 Å². The van der Waals surface area contributed by atoms with Crippen molar-refractivity contribution >= 4 is 17.6 Å². The van der Waals surface area contributed by atoms with Crippen LogP contribution < -0.4 is 0 Å². The van der Waals surface area contributed by atoms with Crippen LogP contribution in [0.1, 0.15) is 17.3 Å². The predicted molar refractivity (Wildman–Crippen MR) is 45.2 cm³/mol. The highest BCUT2D eigenvalue weighted by molar-refractivity contribution is 6.29. The molecule has 3 nitrogen and oxygen atoms in total. The molecule has 13 heavy (non-hydrogen) atoms. The summed E-state index contributed by atoms with van der Waals surface area (Å²) >= 11 is 5.40. The fraction of sp³-hybridized carbons (Fsp3) is 0.250. The monoisotopic (exact) mass is 203 g/mol. The van der Waals surface area contributed by atoms with Crippen molar-refractivity contribution in [1.82, 2.24) is 4.98 Å². The Hall–Kier alpha value is -1.16. The molecule has 1 heterocycles. The van der Waals surface area contributed by atoms with Crippen LogP contribution in [0.25, 0.3) is 0 Å². The summed E-state index contributed by atoms with van der Waals surface area (Å²) in [5.74, 6) is -1.46. The number of pyridine rings is 1. The zero-order chi connectivity index (χ0) is 9.84. The minimum atomic E-state index is -0.732. The molecule has 0 saturated heterocycles. The molecule has 1 aromatic heterocycles. The predicted octanol–water partition coefficient (Wildman–Crippen LogP) is 2.05. The van der Waals surface area contributed by atoms with Crippen molar-refractivity contribution < 1.29 is 13.9 Å². The van der Waals surface area contributed by atoms with Crippen LogP contribution in [0.2, 0.25) is 5.15 Å². The zero-order valence-electron chi connectivity index (χ0n) is 6.88. The maximum Gasteiger partial charge on any atom is 0.342 e. The number of rotatable bonds is 2. The van der Waals surface area contributed by atoms with Gasteiger partial charge in [-0.15, -0.1) is 0 Å². The normalized spacial score (nSPS) is 9.77. The second-order valence-corrected chi connectivity index (χ2v) is 2.59. The summed E-state index contributed by atoms with van der Waals surface area (Å²) in [5.41, 5.74) is -0.203. The van der Waals surface area contributed by atoms with Crippen LogP contribution in [0, 0.1) is 5.82 Å². The van der Waals surface area contributed by atoms with Crippen molar-refractivity contribution in [3.05, 3.63) is 28.8 Å². The summed E-state index contributed by atoms with van der Waals surface area (Å²) in [7, 11) is 0. The number of carbonyl (C=O) groups is 1. The van der Waals surface area contributed by atoms with Crippen molar-refractivity contribution in [3.63, 3.8) is 0 Å². The van der Waals surface area contributed by atoms with E-state index in [0.717, 1.165) is 12.3 Å². The molecule has 1 rings (SSSR count). The van der Waals surface area contributed by atoms with Gasteiger partial charge in [0.2, 0.25) is 0 Å². The molecule has 0 saturated carbocycles. The molecular weight excluding hydrogens is 197 g/mol. The molecule has 0 radical (unpaired) electrons. The third-order valence-corrected chi connectivity index (χ3v) is 1.52. The Bertz CT molecular complexity index is 330. The van der Waals surface area contributed by atoms with Crippen LogP contribution in [0.15, 0.2) is 12.3 Å². The summed E-state index contributed by atoms with van der Waals surface area (Å²) in [6.45, 7) is 1.83. The van der Waals surface area contributed by atoms with Crippen LogP contribution in [0.4, 0.5) is 4.39 Å². The average Bonchev–Trinajstić information content (AvgIpc) is 2.04. The Kier molecular flexibility index (Phi) is 3.19. The minimum Gasteiger partial charge on any atom is -0.462 e. The SMILES string of the molecule is CCOC(=O)c1cnc(Cl)cc1F. The first-order valence-corrected chi connectivity index (χ1v) is 4.01. The third-order valence-electron chi connectivity index (χ3n) is 1.32. The van der Waals surface area contributed by atoms with Crippen molar-refractivity contribution in [2.24, 2.45) is 0 Å². The molecule has 0 spiro atoms. The minimum absolute atomic E-state index is 0.00514. The maximum absolute atomic E-state index is 13.0. The molecule has 0 amide bonds. The lowest BCUT2D eigenvalue weighted by atomic mass is 10.3. The molecule has 70 valence electrons. The highest BCUT2D eigenvalue weighted by atomic mass is 35.5. The van der Waals surface area contributed by atoms with Gasteiger partial charge in [-0.25, -0.2) is 14.2 Å². The van der Waals surface area contributed by atoms with Crippen molar-refractivity contribution in [3.8, 4) is 0 Å². The Morgan fingerprint density at radius 3 is 3.00 bits per heavy atom. The van der Waals surface area contributed by atoms with E-state index in [-0.39, 0.29) is 17.3 Å². The molecule has 0 unspecified atom stereocenters. The van der Waals surface area contributed by atoms with Gasteiger partial charge in [0.25, 0.3) is 0 Å². The second-order valence-electron chi connectivity index (χ2n) is 2.21. The number of nitrogens with zero attached hydrogens (tertiary/aromatic N) is 1. The summed E-state index contributed by atoms with van der Waals surface area (Å²) in [5, 5.41) is 0.00514. The topological polar surface area (TPSA) is 39.2 Å². The van der Waals surface area contributed by atoms with Crippen LogP contribution in [-0.2, 0) is 4.74 Å². The Morgan fingerprint density at radius 1 is 1.77 bits per heavy atom. The van der Waals surface area contributed by atoms with E-state index < -0.39 is 11.8 Å². The third kappa shape index (κ3) is 2.39. The molecular formula is C8H7ClFNO2. The highest BCUT2D eigenvalue weighted by Crippen LogP contribution is 2.12. The van der Waals surface area contributed by atoms with Gasteiger partial charge in [0.05, 0.1) is 6.61 Å². The van der Waals surface area contributed by atoms with Gasteiger partial charge in [-0.1, -0.05) is 11.6 Å². The molecule has 0 N–H and O–H groups in total. The molecule has 0 atom stereocenters. The van der Waals surface area contributed by atoms with Crippen LogP contribution in [-0.4, -0.2) is 17.6 Å². The summed E-state index contributed by atoms with van der Waals surface area (Å²) in [6.07, 6.45) is 1.05. The summed E-state index contributed by atoms with van der Waals surface area (Å²) < 4.78 is 17.6. The molecule has 0 fully saturated rings. The largest absolute Gasteiger partial charge is 0.462 e. The molecule has 0 aliphatic rings. The second kappa shape index (κ2) is 4.18. The number of ether oxygens (including phenoxy) is 1. The summed E-state index contributed by atoms with van der Waals surface area (Å²) in [6, 6.07) is 0.966. The standard InChI is InChI=1S/C8H7ClFNO2/c1-2-13-8(12)5-4-11-7(9)3-6(5)10/h3-4H,2H2,1H3. The van der Waals surface area contributed by atoms with E-state index in [0.29, 0.717) is 0 Å². The smallest absolute Gasteiger partial charge is 0.342 e. The number of carbonyl (C=O) groups excluding carboxylic acids is 1. The van der Waals surface area contributed by atoms with Crippen LogP contribution in [0.5, 0.6) is 0 Å². The maximum atomic E-state index is 13.0. The fourth-order valence-electron chi connectivity index (χ4n) is 0.767.